The summed E-state index contributed by atoms with van der Waals surface area (Å²) in [5.41, 5.74) is 13.1. The van der Waals surface area contributed by atoms with Crippen LogP contribution in [0.15, 0.2) is 48.6 Å². The van der Waals surface area contributed by atoms with Gasteiger partial charge in [-0.2, -0.15) is 0 Å². The summed E-state index contributed by atoms with van der Waals surface area (Å²) in [6.45, 7) is 7.30. The summed E-state index contributed by atoms with van der Waals surface area (Å²) in [5, 5.41) is 0. The number of ether oxygens (including phenoxy) is 1. The molecule has 0 aliphatic carbocycles. The molecule has 0 aliphatic heterocycles. The summed E-state index contributed by atoms with van der Waals surface area (Å²) < 4.78 is 5.10. The second-order valence-corrected chi connectivity index (χ2v) is 3.78. The molecule has 0 saturated heterocycles. The van der Waals surface area contributed by atoms with Gasteiger partial charge in [0.05, 0.1) is 12.2 Å². The minimum absolute atomic E-state index is 0.201. The largest absolute Gasteiger partial charge is 0.462 e. The van der Waals surface area contributed by atoms with Gasteiger partial charge < -0.3 is 16.2 Å². The number of hydrogen-bond acceptors (Lipinski definition) is 5. The molecule has 0 aromatic heterocycles. The van der Waals surface area contributed by atoms with Crippen LogP contribution in [-0.4, -0.2) is 18.3 Å². The lowest BCUT2D eigenvalue weighted by molar-refractivity contribution is 0.0516. The van der Waals surface area contributed by atoms with Crippen LogP contribution in [0.25, 0.3) is 0 Å². The van der Waals surface area contributed by atoms with Crippen LogP contribution in [0.2, 0.25) is 0 Å². The Morgan fingerprint density at radius 2 is 1.89 bits per heavy atom. The van der Waals surface area contributed by atoms with Crippen LogP contribution >= 0.6 is 0 Å². The van der Waals surface area contributed by atoms with E-state index < -0.39 is 5.97 Å². The van der Waals surface area contributed by atoms with Gasteiger partial charge in [0.2, 0.25) is 0 Å². The number of anilines is 2. The number of nitrogens with two attached hydrogens (primary N) is 2. The lowest BCUT2D eigenvalue weighted by Gasteiger charge is -2.06. The van der Waals surface area contributed by atoms with Crippen LogP contribution in [0.4, 0.5) is 11.4 Å². The topological polar surface area (TPSA) is 90.7 Å². The molecule has 0 heterocycles. The first-order valence-corrected chi connectivity index (χ1v) is 5.70. The Hall–Kier alpha value is -2.56. The highest BCUT2D eigenvalue weighted by Gasteiger charge is 2.08. The van der Waals surface area contributed by atoms with Gasteiger partial charge in [-0.1, -0.05) is 13.2 Å². The van der Waals surface area contributed by atoms with Gasteiger partial charge in [0, 0.05) is 29.7 Å². The average Bonchev–Trinajstić information content (AvgIpc) is 2.36. The third-order valence-corrected chi connectivity index (χ3v) is 2.30. The van der Waals surface area contributed by atoms with Crippen molar-refractivity contribution >= 4 is 23.1 Å². The molecule has 0 fully saturated rings. The molecule has 0 bridgehead atoms. The van der Waals surface area contributed by atoms with Crippen molar-refractivity contribution < 1.29 is 9.53 Å². The summed E-state index contributed by atoms with van der Waals surface area (Å²) in [5.74, 6) is -0.471. The zero-order chi connectivity index (χ0) is 14.3. The van der Waals surface area contributed by atoms with Gasteiger partial charge in [-0.25, -0.2) is 4.79 Å². The Morgan fingerprint density at radius 3 is 2.42 bits per heavy atom. The second kappa shape index (κ2) is 7.00. The van der Waals surface area contributed by atoms with Crippen molar-refractivity contribution in [3.63, 3.8) is 0 Å². The highest BCUT2D eigenvalue weighted by Crippen LogP contribution is 2.14. The van der Waals surface area contributed by atoms with Gasteiger partial charge >= 0.3 is 5.97 Å². The molecule has 0 unspecified atom stereocenters. The number of allylic oxidation sites excluding steroid dienone is 1. The lowest BCUT2D eigenvalue weighted by Crippen LogP contribution is -2.10. The fourth-order valence-electron chi connectivity index (χ4n) is 1.46. The molecule has 4 N–H and O–H groups in total. The first-order valence-electron chi connectivity index (χ1n) is 5.70. The van der Waals surface area contributed by atoms with Crippen molar-refractivity contribution in [1.82, 2.24) is 0 Å². The standard InChI is InChI=1S/C14H17N3O2/c1-3-13(17-4-2)5-6-19-14(18)10-7-11(15)9-12(16)8-10/h3-4,7-9H,1-2,5-6,15-16H2. The van der Waals surface area contributed by atoms with Gasteiger partial charge in [0.15, 0.2) is 0 Å². The van der Waals surface area contributed by atoms with Crippen molar-refractivity contribution in [2.75, 3.05) is 18.1 Å². The Bertz CT molecular complexity index is 501. The fourth-order valence-corrected chi connectivity index (χ4v) is 1.46. The average molecular weight is 259 g/mol. The molecule has 19 heavy (non-hydrogen) atoms. The number of rotatable bonds is 6. The van der Waals surface area contributed by atoms with E-state index in [4.69, 9.17) is 16.2 Å². The lowest BCUT2D eigenvalue weighted by atomic mass is 10.2. The minimum atomic E-state index is -0.471. The predicted octanol–water partition coefficient (Wildman–Crippen LogP) is 2.17. The monoisotopic (exact) mass is 259 g/mol. The summed E-state index contributed by atoms with van der Waals surface area (Å²) >= 11 is 0. The molecule has 0 amide bonds. The maximum atomic E-state index is 11.8. The Labute approximate surface area is 112 Å². The van der Waals surface area contributed by atoms with Crippen LogP contribution in [0.5, 0.6) is 0 Å². The first-order chi connectivity index (χ1) is 9.06. The number of carbonyl (C=O) groups is 1. The number of nitrogens with zero attached hydrogens (tertiary/aromatic N) is 1. The second-order valence-electron chi connectivity index (χ2n) is 3.78. The SMILES string of the molecule is C=CN=C(C=C)CCOC(=O)c1cc(N)cc(N)c1. The molecule has 5 heteroatoms. The summed E-state index contributed by atoms with van der Waals surface area (Å²) in [6, 6.07) is 4.61. The van der Waals surface area contributed by atoms with E-state index in [2.05, 4.69) is 18.2 Å². The number of hydrogen-bond donors (Lipinski definition) is 2. The van der Waals surface area contributed by atoms with E-state index in [1.165, 1.54) is 18.3 Å². The zero-order valence-corrected chi connectivity index (χ0v) is 10.6. The van der Waals surface area contributed by atoms with Crippen molar-refractivity contribution in [3.8, 4) is 0 Å². The molecule has 1 aromatic rings. The summed E-state index contributed by atoms with van der Waals surface area (Å²) in [4.78, 5) is 15.7. The summed E-state index contributed by atoms with van der Waals surface area (Å²) in [6.07, 6.45) is 3.48. The molecular formula is C14H17N3O2. The normalized spacial score (nSPS) is 10.8. The Kier molecular flexibility index (Phi) is 5.35. The third-order valence-electron chi connectivity index (χ3n) is 2.30. The van der Waals surface area contributed by atoms with Crippen LogP contribution in [-0.2, 0) is 4.74 Å². The van der Waals surface area contributed by atoms with Gasteiger partial charge in [0.25, 0.3) is 0 Å². The van der Waals surface area contributed by atoms with Crippen molar-refractivity contribution in [2.45, 2.75) is 6.42 Å². The third kappa shape index (κ3) is 4.67. The maximum absolute atomic E-state index is 11.8. The molecule has 0 spiro atoms. The van der Waals surface area contributed by atoms with E-state index >= 15 is 0 Å². The highest BCUT2D eigenvalue weighted by molar-refractivity contribution is 5.95. The number of nitrogen functional groups attached to an aromatic ring is 2. The number of benzene rings is 1. The number of aliphatic imine (C=N–C) groups is 1. The van der Waals surface area contributed by atoms with E-state index in [-0.39, 0.29) is 6.61 Å². The smallest absolute Gasteiger partial charge is 0.338 e. The highest BCUT2D eigenvalue weighted by atomic mass is 16.5. The maximum Gasteiger partial charge on any atom is 0.338 e. The van der Waals surface area contributed by atoms with Gasteiger partial charge in [-0.15, -0.1) is 0 Å². The molecule has 5 nitrogen and oxygen atoms in total. The predicted molar refractivity (Wildman–Crippen MR) is 78.0 cm³/mol. The van der Waals surface area contributed by atoms with Gasteiger partial charge in [0.1, 0.15) is 0 Å². The quantitative estimate of drug-likeness (QED) is 0.465. The van der Waals surface area contributed by atoms with E-state index in [9.17, 15) is 4.79 Å². The number of carbonyl (C=O) groups excluding carboxylic acids is 1. The molecular weight excluding hydrogens is 242 g/mol. The summed E-state index contributed by atoms with van der Waals surface area (Å²) in [7, 11) is 0. The van der Waals surface area contributed by atoms with E-state index in [0.29, 0.717) is 29.1 Å². The molecule has 1 rings (SSSR count). The number of esters is 1. The van der Waals surface area contributed by atoms with Crippen LogP contribution in [0.1, 0.15) is 16.8 Å². The van der Waals surface area contributed by atoms with Crippen molar-refractivity contribution in [3.05, 3.63) is 49.2 Å². The van der Waals surface area contributed by atoms with E-state index in [1.54, 1.807) is 12.1 Å². The molecule has 100 valence electrons. The molecule has 0 saturated carbocycles. The van der Waals surface area contributed by atoms with Crippen LogP contribution in [0, 0.1) is 0 Å². The Balaban J connectivity index is 2.58. The fraction of sp³-hybridized carbons (Fsp3) is 0.143. The Morgan fingerprint density at radius 1 is 1.26 bits per heavy atom. The van der Waals surface area contributed by atoms with E-state index in [0.717, 1.165) is 0 Å². The zero-order valence-electron chi connectivity index (χ0n) is 10.6. The molecule has 1 aromatic carbocycles. The van der Waals surface area contributed by atoms with Crippen LogP contribution in [0.3, 0.4) is 0 Å². The van der Waals surface area contributed by atoms with Crippen molar-refractivity contribution in [1.29, 1.82) is 0 Å². The van der Waals surface area contributed by atoms with E-state index in [1.807, 2.05) is 0 Å². The van der Waals surface area contributed by atoms with Crippen molar-refractivity contribution in [2.24, 2.45) is 4.99 Å². The van der Waals surface area contributed by atoms with Gasteiger partial charge in [-0.3, -0.25) is 4.99 Å². The van der Waals surface area contributed by atoms with Crippen LogP contribution < -0.4 is 11.5 Å². The molecule has 0 radical (unpaired) electrons. The molecule has 0 aliphatic rings. The minimum Gasteiger partial charge on any atom is -0.462 e. The van der Waals surface area contributed by atoms with Gasteiger partial charge in [-0.05, 0) is 24.3 Å². The molecule has 0 atom stereocenters. The first kappa shape index (κ1) is 14.5.